The molecule has 2 rings (SSSR count). The maximum atomic E-state index is 9.85. The Hall–Kier alpha value is -1.36. The van der Waals surface area contributed by atoms with Crippen LogP contribution in [-0.2, 0) is 0 Å². The van der Waals surface area contributed by atoms with Crippen LogP contribution in [0.3, 0.4) is 0 Å². The highest BCUT2D eigenvalue weighted by Gasteiger charge is 2.25. The number of rotatable bonds is 4. The molecule has 2 heterocycles. The highest BCUT2D eigenvalue weighted by molar-refractivity contribution is 5.50. The van der Waals surface area contributed by atoms with Gasteiger partial charge in [-0.3, -0.25) is 0 Å². The minimum atomic E-state index is -0.189. The van der Waals surface area contributed by atoms with E-state index in [9.17, 15) is 5.11 Å². The Balaban J connectivity index is 2.25. The fourth-order valence-electron chi connectivity index (χ4n) is 2.49. The van der Waals surface area contributed by atoms with Gasteiger partial charge in [-0.15, -0.1) is 0 Å². The molecule has 0 aromatic carbocycles. The molecule has 0 bridgehead atoms. The molecule has 2 atom stereocenters. The third-order valence-electron chi connectivity index (χ3n) is 3.79. The van der Waals surface area contributed by atoms with Crippen LogP contribution in [0.2, 0.25) is 0 Å². The largest absolute Gasteiger partial charge is 0.393 e. The zero-order valence-corrected chi connectivity index (χ0v) is 12.9. The molecule has 1 aliphatic rings. The lowest BCUT2D eigenvalue weighted by Gasteiger charge is -2.35. The summed E-state index contributed by atoms with van der Waals surface area (Å²) >= 11 is 0. The number of nitrogens with zero attached hydrogens (tertiary/aromatic N) is 3. The summed E-state index contributed by atoms with van der Waals surface area (Å²) in [5, 5.41) is 13.1. The number of hydrogen-bond acceptors (Lipinski definition) is 5. The Morgan fingerprint density at radius 2 is 2.20 bits per heavy atom. The summed E-state index contributed by atoms with van der Waals surface area (Å²) in [4.78, 5) is 11.5. The van der Waals surface area contributed by atoms with Crippen molar-refractivity contribution in [2.24, 2.45) is 5.92 Å². The first kappa shape index (κ1) is 15.0. The van der Waals surface area contributed by atoms with Crippen molar-refractivity contribution in [3.05, 3.63) is 11.9 Å². The molecule has 0 saturated carbocycles. The summed E-state index contributed by atoms with van der Waals surface area (Å²) < 4.78 is 0. The van der Waals surface area contributed by atoms with Crippen molar-refractivity contribution in [3.63, 3.8) is 0 Å². The molecule has 1 aromatic heterocycles. The summed E-state index contributed by atoms with van der Waals surface area (Å²) in [6.45, 7) is 10.9. The molecule has 0 aliphatic carbocycles. The first-order valence-electron chi connectivity index (χ1n) is 7.57. The van der Waals surface area contributed by atoms with Gasteiger partial charge >= 0.3 is 0 Å². The third-order valence-corrected chi connectivity index (χ3v) is 3.79. The molecule has 2 unspecified atom stereocenters. The van der Waals surface area contributed by atoms with Crippen molar-refractivity contribution in [3.8, 4) is 0 Å². The van der Waals surface area contributed by atoms with Crippen molar-refractivity contribution in [2.45, 2.75) is 46.1 Å². The highest BCUT2D eigenvalue weighted by Crippen LogP contribution is 2.25. The van der Waals surface area contributed by atoms with Gasteiger partial charge in [-0.2, -0.15) is 0 Å². The van der Waals surface area contributed by atoms with E-state index in [2.05, 4.69) is 42.9 Å². The van der Waals surface area contributed by atoms with Crippen LogP contribution in [0.1, 0.15) is 45.9 Å². The van der Waals surface area contributed by atoms with Crippen LogP contribution in [0.5, 0.6) is 0 Å². The molecule has 2 N–H and O–H groups in total. The van der Waals surface area contributed by atoms with Crippen molar-refractivity contribution in [1.29, 1.82) is 0 Å². The van der Waals surface area contributed by atoms with Gasteiger partial charge in [-0.05, 0) is 19.3 Å². The minimum absolute atomic E-state index is 0.189. The third kappa shape index (κ3) is 3.39. The van der Waals surface area contributed by atoms with E-state index in [1.807, 2.05) is 6.07 Å². The van der Waals surface area contributed by atoms with E-state index >= 15 is 0 Å². The molecule has 5 nitrogen and oxygen atoms in total. The normalized spacial score (nSPS) is 23.2. The van der Waals surface area contributed by atoms with Crippen molar-refractivity contribution in [2.75, 3.05) is 29.9 Å². The molecule has 0 amide bonds. The molecule has 1 saturated heterocycles. The SMILES string of the molecule is CCNc1cc(N2CCC(O)C(C)C2)nc(C(C)C)n1. The number of aliphatic hydroxyl groups excluding tert-OH is 1. The summed E-state index contributed by atoms with van der Waals surface area (Å²) in [6.07, 6.45) is 0.615. The fourth-order valence-corrected chi connectivity index (χ4v) is 2.49. The number of aromatic nitrogens is 2. The van der Waals surface area contributed by atoms with Crippen LogP contribution in [0.25, 0.3) is 0 Å². The lowest BCUT2D eigenvalue weighted by Crippen LogP contribution is -2.42. The molecular formula is C15H26N4O. The zero-order valence-electron chi connectivity index (χ0n) is 12.9. The molecule has 20 heavy (non-hydrogen) atoms. The molecule has 112 valence electrons. The predicted molar refractivity (Wildman–Crippen MR) is 82.3 cm³/mol. The Morgan fingerprint density at radius 1 is 1.45 bits per heavy atom. The van der Waals surface area contributed by atoms with Gasteiger partial charge in [0.05, 0.1) is 6.10 Å². The number of aliphatic hydroxyl groups is 1. The van der Waals surface area contributed by atoms with Gasteiger partial charge in [0.2, 0.25) is 0 Å². The van der Waals surface area contributed by atoms with Gasteiger partial charge in [-0.25, -0.2) is 9.97 Å². The van der Waals surface area contributed by atoms with Gasteiger partial charge in [0.1, 0.15) is 17.5 Å². The van der Waals surface area contributed by atoms with Gasteiger partial charge in [0, 0.05) is 31.6 Å². The molecule has 5 heteroatoms. The Kier molecular flexibility index (Phi) is 4.81. The molecule has 1 fully saturated rings. The lowest BCUT2D eigenvalue weighted by molar-refractivity contribution is 0.0969. The first-order chi connectivity index (χ1) is 9.51. The second-order valence-corrected chi connectivity index (χ2v) is 5.93. The number of nitrogens with one attached hydrogen (secondary N) is 1. The quantitative estimate of drug-likeness (QED) is 0.884. The molecule has 1 aromatic rings. The fraction of sp³-hybridized carbons (Fsp3) is 0.733. The van der Waals surface area contributed by atoms with Gasteiger partial charge in [0.15, 0.2) is 0 Å². The maximum absolute atomic E-state index is 9.85. The van der Waals surface area contributed by atoms with Crippen LogP contribution < -0.4 is 10.2 Å². The van der Waals surface area contributed by atoms with E-state index in [1.165, 1.54) is 0 Å². The van der Waals surface area contributed by atoms with Gasteiger partial charge < -0.3 is 15.3 Å². The van der Waals surface area contributed by atoms with Gasteiger partial charge in [0.25, 0.3) is 0 Å². The topological polar surface area (TPSA) is 61.3 Å². The molecular weight excluding hydrogens is 252 g/mol. The standard InChI is InChI=1S/C15H26N4O/c1-5-16-13-8-14(18-15(17-13)10(2)3)19-7-6-12(20)11(4)9-19/h8,10-12,20H,5-7,9H2,1-4H3,(H,16,17,18). The van der Waals surface area contributed by atoms with E-state index in [1.54, 1.807) is 0 Å². The second kappa shape index (κ2) is 6.39. The van der Waals surface area contributed by atoms with Crippen LogP contribution in [0.4, 0.5) is 11.6 Å². The zero-order chi connectivity index (χ0) is 14.7. The summed E-state index contributed by atoms with van der Waals surface area (Å²) in [7, 11) is 0. The molecule has 0 radical (unpaired) electrons. The van der Waals surface area contributed by atoms with E-state index in [0.717, 1.165) is 43.5 Å². The summed E-state index contributed by atoms with van der Waals surface area (Å²) in [5.41, 5.74) is 0. The summed E-state index contributed by atoms with van der Waals surface area (Å²) in [6, 6.07) is 2.01. The average molecular weight is 278 g/mol. The van der Waals surface area contributed by atoms with E-state index in [0.29, 0.717) is 5.92 Å². The van der Waals surface area contributed by atoms with Crippen molar-refractivity contribution < 1.29 is 5.11 Å². The second-order valence-electron chi connectivity index (χ2n) is 5.93. The lowest BCUT2D eigenvalue weighted by atomic mass is 9.97. The Morgan fingerprint density at radius 3 is 2.80 bits per heavy atom. The van der Waals surface area contributed by atoms with Crippen molar-refractivity contribution in [1.82, 2.24) is 9.97 Å². The molecule has 1 aliphatic heterocycles. The summed E-state index contributed by atoms with van der Waals surface area (Å²) in [5.74, 6) is 3.32. The number of piperidine rings is 1. The first-order valence-corrected chi connectivity index (χ1v) is 7.57. The number of hydrogen-bond donors (Lipinski definition) is 2. The van der Waals surface area contributed by atoms with Crippen LogP contribution in [0.15, 0.2) is 6.07 Å². The number of anilines is 2. The smallest absolute Gasteiger partial charge is 0.135 e. The molecule has 0 spiro atoms. The van der Waals surface area contributed by atoms with Crippen LogP contribution >= 0.6 is 0 Å². The monoisotopic (exact) mass is 278 g/mol. The van der Waals surface area contributed by atoms with E-state index in [4.69, 9.17) is 4.98 Å². The average Bonchev–Trinajstić information content (AvgIpc) is 2.42. The highest BCUT2D eigenvalue weighted by atomic mass is 16.3. The van der Waals surface area contributed by atoms with E-state index in [-0.39, 0.29) is 12.0 Å². The van der Waals surface area contributed by atoms with Gasteiger partial charge in [-0.1, -0.05) is 20.8 Å². The Labute approximate surface area is 121 Å². The van der Waals surface area contributed by atoms with Crippen molar-refractivity contribution >= 4 is 11.6 Å². The van der Waals surface area contributed by atoms with E-state index < -0.39 is 0 Å². The predicted octanol–water partition coefficient (Wildman–Crippen LogP) is 2.24. The maximum Gasteiger partial charge on any atom is 0.135 e. The Bertz CT molecular complexity index is 449. The van der Waals surface area contributed by atoms with Crippen LogP contribution in [-0.4, -0.2) is 40.8 Å². The minimum Gasteiger partial charge on any atom is -0.393 e. The van der Waals surface area contributed by atoms with Crippen LogP contribution in [0, 0.1) is 5.92 Å².